The molecule has 0 spiro atoms. The molecule has 1 aromatic heterocycles. The Morgan fingerprint density at radius 3 is 2.45 bits per heavy atom. The van der Waals surface area contributed by atoms with Crippen LogP contribution in [0.2, 0.25) is 0 Å². The van der Waals surface area contributed by atoms with Gasteiger partial charge < -0.3 is 15.0 Å². The van der Waals surface area contributed by atoms with Crippen molar-refractivity contribution in [2.75, 3.05) is 32.7 Å². The van der Waals surface area contributed by atoms with Crippen LogP contribution >= 0.6 is 0 Å². The van der Waals surface area contributed by atoms with Crippen molar-refractivity contribution in [1.82, 2.24) is 24.9 Å². The average molecular weight is 572 g/mol. The third-order valence-electron chi connectivity index (χ3n) is 8.47. The molecule has 8 heteroatoms. The van der Waals surface area contributed by atoms with E-state index in [-0.39, 0.29) is 17.9 Å². The zero-order valence-electron chi connectivity index (χ0n) is 25.8. The van der Waals surface area contributed by atoms with Crippen molar-refractivity contribution in [2.24, 2.45) is 0 Å². The van der Waals surface area contributed by atoms with E-state index in [0.29, 0.717) is 25.2 Å². The van der Waals surface area contributed by atoms with Crippen LogP contribution in [0.3, 0.4) is 0 Å². The predicted octanol–water partition coefficient (Wildman–Crippen LogP) is 5.78. The highest BCUT2D eigenvalue weighted by Crippen LogP contribution is 2.33. The van der Waals surface area contributed by atoms with E-state index in [1.54, 1.807) is 11.1 Å². The van der Waals surface area contributed by atoms with E-state index in [4.69, 9.17) is 9.84 Å². The summed E-state index contributed by atoms with van der Waals surface area (Å²) in [6, 6.07) is 15.0. The zero-order valence-corrected chi connectivity index (χ0v) is 25.8. The van der Waals surface area contributed by atoms with E-state index in [1.807, 2.05) is 25.5 Å². The summed E-state index contributed by atoms with van der Waals surface area (Å²) in [5.41, 5.74) is 7.23. The van der Waals surface area contributed by atoms with Crippen LogP contribution in [0.5, 0.6) is 0 Å². The quantitative estimate of drug-likeness (QED) is 0.364. The molecule has 224 valence electrons. The van der Waals surface area contributed by atoms with Crippen LogP contribution in [-0.2, 0) is 17.7 Å². The molecule has 1 fully saturated rings. The second kappa shape index (κ2) is 12.7. The summed E-state index contributed by atoms with van der Waals surface area (Å²) < 4.78 is 7.53. The monoisotopic (exact) mass is 571 g/mol. The van der Waals surface area contributed by atoms with Crippen LogP contribution in [0.1, 0.15) is 84.3 Å². The number of benzene rings is 2. The Morgan fingerprint density at radius 1 is 1.00 bits per heavy atom. The molecule has 2 aliphatic rings. The molecule has 0 bridgehead atoms. The number of aromatic nitrogens is 2. The number of carbonyl (C=O) groups is 2. The largest absolute Gasteiger partial charge is 0.444 e. The Labute approximate surface area is 250 Å². The Balaban J connectivity index is 1.26. The fourth-order valence-corrected chi connectivity index (χ4v) is 6.00. The summed E-state index contributed by atoms with van der Waals surface area (Å²) in [6.45, 7) is 14.6. The number of rotatable bonds is 7. The summed E-state index contributed by atoms with van der Waals surface area (Å²) in [6.07, 6.45) is 4.89. The lowest BCUT2D eigenvalue weighted by Crippen LogP contribution is -2.41. The molecule has 2 amide bonds. The normalized spacial score (nSPS) is 16.3. The highest BCUT2D eigenvalue weighted by molar-refractivity contribution is 5.95. The van der Waals surface area contributed by atoms with Crippen molar-refractivity contribution >= 4 is 12.0 Å². The SMILES string of the molecule is Cc1ccc(-n2ncc(C(=O)NCCCN3CCc4ccccc4C3)c2C2CCN(C(=O)OC(C)(C)C)CC2)cc1C. The molecule has 42 heavy (non-hydrogen) atoms. The van der Waals surface area contributed by atoms with E-state index in [9.17, 15) is 9.59 Å². The first-order valence-electron chi connectivity index (χ1n) is 15.3. The molecule has 2 aromatic carbocycles. The van der Waals surface area contributed by atoms with Gasteiger partial charge in [0.1, 0.15) is 5.60 Å². The van der Waals surface area contributed by atoms with Gasteiger partial charge >= 0.3 is 6.09 Å². The van der Waals surface area contributed by atoms with Crippen LogP contribution in [0.15, 0.2) is 48.7 Å². The van der Waals surface area contributed by atoms with Gasteiger partial charge in [-0.15, -0.1) is 0 Å². The number of fused-ring (bicyclic) bond motifs is 1. The Hall–Kier alpha value is -3.65. The van der Waals surface area contributed by atoms with E-state index >= 15 is 0 Å². The minimum atomic E-state index is -0.528. The molecule has 2 aliphatic heterocycles. The second-order valence-electron chi connectivity index (χ2n) is 12.8. The molecule has 3 aromatic rings. The molecule has 0 saturated carbocycles. The second-order valence-corrected chi connectivity index (χ2v) is 12.8. The molecule has 0 radical (unpaired) electrons. The van der Waals surface area contributed by atoms with Crippen molar-refractivity contribution in [3.8, 4) is 5.69 Å². The van der Waals surface area contributed by atoms with Gasteiger partial charge in [-0.3, -0.25) is 9.69 Å². The lowest BCUT2D eigenvalue weighted by Gasteiger charge is -2.34. The van der Waals surface area contributed by atoms with Crippen LogP contribution in [0.25, 0.3) is 5.69 Å². The summed E-state index contributed by atoms with van der Waals surface area (Å²) >= 11 is 0. The summed E-state index contributed by atoms with van der Waals surface area (Å²) in [5, 5.41) is 7.89. The van der Waals surface area contributed by atoms with Crippen molar-refractivity contribution < 1.29 is 14.3 Å². The molecular weight excluding hydrogens is 526 g/mol. The fraction of sp³-hybridized carbons (Fsp3) is 0.500. The number of aryl methyl sites for hydroxylation is 2. The minimum Gasteiger partial charge on any atom is -0.444 e. The maximum absolute atomic E-state index is 13.6. The average Bonchev–Trinajstić information content (AvgIpc) is 3.41. The van der Waals surface area contributed by atoms with Crippen molar-refractivity contribution in [3.05, 3.63) is 82.2 Å². The number of amides is 2. The fourth-order valence-electron chi connectivity index (χ4n) is 6.00. The van der Waals surface area contributed by atoms with E-state index < -0.39 is 5.60 Å². The van der Waals surface area contributed by atoms with Crippen molar-refractivity contribution in [1.29, 1.82) is 0 Å². The maximum atomic E-state index is 13.6. The standard InChI is InChI=1S/C34H45N5O3/c1-24-11-12-29(21-25(24)2)39-31(27-14-19-38(20-15-27)33(41)42-34(3,4)5)30(22-36-39)32(40)35-16-8-17-37-18-13-26-9-6-7-10-28(26)23-37/h6-7,9-12,21-22,27H,8,13-20,23H2,1-5H3,(H,35,40). The molecule has 5 rings (SSSR count). The zero-order chi connectivity index (χ0) is 29.9. The number of hydrogen-bond donors (Lipinski definition) is 1. The van der Waals surface area contributed by atoms with Crippen molar-refractivity contribution in [3.63, 3.8) is 0 Å². The van der Waals surface area contributed by atoms with Gasteiger partial charge in [-0.25, -0.2) is 9.48 Å². The number of likely N-dealkylation sites (tertiary alicyclic amines) is 1. The molecule has 1 saturated heterocycles. The molecule has 0 aliphatic carbocycles. The number of hydrogen-bond acceptors (Lipinski definition) is 5. The van der Waals surface area contributed by atoms with Gasteiger partial charge in [-0.1, -0.05) is 30.3 Å². The summed E-state index contributed by atoms with van der Waals surface area (Å²) in [4.78, 5) is 30.5. The van der Waals surface area contributed by atoms with Gasteiger partial charge in [-0.05, 0) is 94.7 Å². The number of ether oxygens (including phenoxy) is 1. The Kier molecular flexibility index (Phi) is 9.02. The Bertz CT molecular complexity index is 1410. The third kappa shape index (κ3) is 7.04. The van der Waals surface area contributed by atoms with Crippen LogP contribution in [0.4, 0.5) is 4.79 Å². The van der Waals surface area contributed by atoms with Gasteiger partial charge in [0.25, 0.3) is 5.91 Å². The van der Waals surface area contributed by atoms with E-state index in [0.717, 1.165) is 56.7 Å². The van der Waals surface area contributed by atoms with E-state index in [2.05, 4.69) is 66.5 Å². The first-order chi connectivity index (χ1) is 20.1. The molecule has 0 atom stereocenters. The number of nitrogens with zero attached hydrogens (tertiary/aromatic N) is 4. The van der Waals surface area contributed by atoms with Gasteiger partial charge in [0.15, 0.2) is 0 Å². The topological polar surface area (TPSA) is 79.7 Å². The number of nitrogens with one attached hydrogen (secondary N) is 1. The lowest BCUT2D eigenvalue weighted by atomic mass is 9.90. The van der Waals surface area contributed by atoms with Crippen molar-refractivity contribution in [2.45, 2.75) is 78.4 Å². The van der Waals surface area contributed by atoms with Crippen LogP contribution in [-0.4, -0.2) is 69.9 Å². The smallest absolute Gasteiger partial charge is 0.410 e. The summed E-state index contributed by atoms with van der Waals surface area (Å²) in [7, 11) is 0. The van der Waals surface area contributed by atoms with Crippen LogP contribution in [0, 0.1) is 13.8 Å². The number of piperidine rings is 1. The minimum absolute atomic E-state index is 0.0846. The van der Waals surface area contributed by atoms with Gasteiger partial charge in [0, 0.05) is 45.2 Å². The highest BCUT2D eigenvalue weighted by atomic mass is 16.6. The molecule has 0 unspecified atom stereocenters. The first-order valence-corrected chi connectivity index (χ1v) is 15.3. The molecule has 3 heterocycles. The lowest BCUT2D eigenvalue weighted by molar-refractivity contribution is 0.0203. The first kappa shape index (κ1) is 29.8. The molecular formula is C34H45N5O3. The molecule has 8 nitrogen and oxygen atoms in total. The predicted molar refractivity (Wildman–Crippen MR) is 165 cm³/mol. The van der Waals surface area contributed by atoms with Crippen LogP contribution < -0.4 is 5.32 Å². The third-order valence-corrected chi connectivity index (χ3v) is 8.47. The summed E-state index contributed by atoms with van der Waals surface area (Å²) in [5.74, 6) is 0.0145. The highest BCUT2D eigenvalue weighted by Gasteiger charge is 2.32. The Morgan fingerprint density at radius 2 is 1.74 bits per heavy atom. The number of carbonyl (C=O) groups excluding carboxylic acids is 2. The maximum Gasteiger partial charge on any atom is 0.410 e. The van der Waals surface area contributed by atoms with Gasteiger partial charge in [0.05, 0.1) is 23.1 Å². The molecule has 1 N–H and O–H groups in total. The van der Waals surface area contributed by atoms with E-state index in [1.165, 1.54) is 22.3 Å². The van der Waals surface area contributed by atoms with Gasteiger partial charge in [-0.2, -0.15) is 5.10 Å². The van der Waals surface area contributed by atoms with Gasteiger partial charge in [0.2, 0.25) is 0 Å².